The van der Waals surface area contributed by atoms with Gasteiger partial charge in [-0.05, 0) is 79.3 Å². The first-order valence-electron chi connectivity index (χ1n) is 13.0. The number of carbonyl (C=O) groups excluding carboxylic acids is 2. The lowest BCUT2D eigenvalue weighted by Gasteiger charge is -2.16. The third kappa shape index (κ3) is 8.69. The van der Waals surface area contributed by atoms with Crippen molar-refractivity contribution < 1.29 is 14.3 Å². The molecule has 0 saturated heterocycles. The van der Waals surface area contributed by atoms with Gasteiger partial charge in [0.05, 0.1) is 12.2 Å². The van der Waals surface area contributed by atoms with Crippen LogP contribution < -0.4 is 11.1 Å². The quantitative estimate of drug-likeness (QED) is 0.140. The number of carbonyl (C=O) groups is 2. The second-order valence-electron chi connectivity index (χ2n) is 9.20. The Hall–Kier alpha value is -3.77. The fourth-order valence-corrected chi connectivity index (χ4v) is 4.14. The van der Waals surface area contributed by atoms with Crippen molar-refractivity contribution in [1.29, 1.82) is 0 Å². The van der Waals surface area contributed by atoms with Crippen LogP contribution in [0.1, 0.15) is 84.2 Å². The SMILES string of the molecule is C=CCCCCCCCCOC(=O)c1cccc(-c2cc(C(=O)Nc3ccncc3)ccc2C(C)N)c1. The van der Waals surface area contributed by atoms with E-state index in [4.69, 9.17) is 10.5 Å². The van der Waals surface area contributed by atoms with E-state index >= 15 is 0 Å². The van der Waals surface area contributed by atoms with E-state index in [0.717, 1.165) is 42.4 Å². The van der Waals surface area contributed by atoms with E-state index in [-0.39, 0.29) is 17.9 Å². The molecule has 6 nitrogen and oxygen atoms in total. The van der Waals surface area contributed by atoms with Crippen molar-refractivity contribution in [1.82, 2.24) is 4.98 Å². The maximum absolute atomic E-state index is 12.9. The van der Waals surface area contributed by atoms with Crippen LogP contribution in [0.3, 0.4) is 0 Å². The Morgan fingerprint density at radius 1 is 0.973 bits per heavy atom. The molecule has 0 spiro atoms. The molecule has 6 heteroatoms. The van der Waals surface area contributed by atoms with Crippen molar-refractivity contribution in [2.75, 3.05) is 11.9 Å². The van der Waals surface area contributed by atoms with Gasteiger partial charge in [-0.1, -0.05) is 50.0 Å². The number of nitrogens with one attached hydrogen (secondary N) is 1. The summed E-state index contributed by atoms with van der Waals surface area (Å²) in [5, 5.41) is 2.88. The molecule has 2 aromatic carbocycles. The Balaban J connectivity index is 1.65. The molecule has 194 valence electrons. The number of benzene rings is 2. The molecule has 3 N–H and O–H groups in total. The van der Waals surface area contributed by atoms with Crippen LogP contribution in [-0.2, 0) is 4.74 Å². The van der Waals surface area contributed by atoms with Crippen molar-refractivity contribution in [3.8, 4) is 11.1 Å². The number of hydrogen-bond donors (Lipinski definition) is 2. The second-order valence-corrected chi connectivity index (χ2v) is 9.20. The minimum absolute atomic E-state index is 0.236. The van der Waals surface area contributed by atoms with Crippen molar-refractivity contribution in [3.63, 3.8) is 0 Å². The van der Waals surface area contributed by atoms with Crippen molar-refractivity contribution in [2.24, 2.45) is 5.73 Å². The Bertz CT molecular complexity index is 1180. The number of nitrogens with zero attached hydrogens (tertiary/aromatic N) is 1. The molecule has 0 aliphatic heterocycles. The summed E-state index contributed by atoms with van der Waals surface area (Å²) in [7, 11) is 0. The van der Waals surface area contributed by atoms with E-state index < -0.39 is 0 Å². The van der Waals surface area contributed by atoms with Gasteiger partial charge in [0.25, 0.3) is 5.91 Å². The van der Waals surface area contributed by atoms with Crippen molar-refractivity contribution in [3.05, 3.63) is 96.3 Å². The number of amides is 1. The number of ether oxygens (including phenoxy) is 1. The van der Waals surface area contributed by atoms with Crippen LogP contribution in [0.4, 0.5) is 5.69 Å². The Labute approximate surface area is 220 Å². The number of nitrogens with two attached hydrogens (primary N) is 1. The third-order valence-electron chi connectivity index (χ3n) is 6.19. The summed E-state index contributed by atoms with van der Waals surface area (Å²) >= 11 is 0. The number of pyridine rings is 1. The summed E-state index contributed by atoms with van der Waals surface area (Å²) in [6.07, 6.45) is 12.9. The van der Waals surface area contributed by atoms with Gasteiger partial charge < -0.3 is 15.8 Å². The summed E-state index contributed by atoms with van der Waals surface area (Å²) in [4.78, 5) is 29.5. The van der Waals surface area contributed by atoms with Gasteiger partial charge in [-0.2, -0.15) is 0 Å². The fraction of sp³-hybridized carbons (Fsp3) is 0.323. The molecular formula is C31H37N3O3. The number of unbranched alkanes of at least 4 members (excludes halogenated alkanes) is 6. The van der Waals surface area contributed by atoms with Crippen molar-refractivity contribution in [2.45, 2.75) is 57.9 Å². The minimum Gasteiger partial charge on any atom is -0.462 e. The fourth-order valence-electron chi connectivity index (χ4n) is 4.14. The minimum atomic E-state index is -0.346. The zero-order chi connectivity index (χ0) is 26.5. The molecule has 1 aromatic heterocycles. The van der Waals surface area contributed by atoms with Gasteiger partial charge in [0.2, 0.25) is 0 Å². The molecule has 3 aromatic rings. The lowest BCUT2D eigenvalue weighted by Crippen LogP contribution is -2.14. The van der Waals surface area contributed by atoms with E-state index in [1.807, 2.05) is 37.3 Å². The average molecular weight is 500 g/mol. The van der Waals surface area contributed by atoms with Gasteiger partial charge in [0, 0.05) is 29.7 Å². The molecule has 37 heavy (non-hydrogen) atoms. The zero-order valence-corrected chi connectivity index (χ0v) is 21.6. The van der Waals surface area contributed by atoms with Gasteiger partial charge in [0.1, 0.15) is 0 Å². The standard InChI is InChI=1S/C31H37N3O3/c1-3-4-5-6-7-8-9-10-20-37-31(36)26-13-11-12-24(21-26)29-22-25(14-15-28(29)23(2)32)30(35)34-27-16-18-33-19-17-27/h3,11-19,21-23H,1,4-10,20,32H2,2H3,(H,33,34,35). The Morgan fingerprint density at radius 3 is 2.43 bits per heavy atom. The lowest BCUT2D eigenvalue weighted by molar-refractivity contribution is 0.0497. The van der Waals surface area contributed by atoms with Crippen LogP contribution in [0.25, 0.3) is 11.1 Å². The van der Waals surface area contributed by atoms with Gasteiger partial charge in [0.15, 0.2) is 0 Å². The third-order valence-corrected chi connectivity index (χ3v) is 6.19. The summed E-state index contributed by atoms with van der Waals surface area (Å²) < 4.78 is 5.52. The van der Waals surface area contributed by atoms with E-state index in [1.165, 1.54) is 19.3 Å². The highest BCUT2D eigenvalue weighted by Gasteiger charge is 2.16. The molecule has 1 heterocycles. The largest absolute Gasteiger partial charge is 0.462 e. The highest BCUT2D eigenvalue weighted by atomic mass is 16.5. The topological polar surface area (TPSA) is 94.3 Å². The van der Waals surface area contributed by atoms with Crippen LogP contribution in [0, 0.1) is 0 Å². The first-order chi connectivity index (χ1) is 18.0. The van der Waals surface area contributed by atoms with E-state index in [2.05, 4.69) is 16.9 Å². The molecule has 0 aliphatic rings. The second kappa shape index (κ2) is 14.7. The molecule has 1 atom stereocenters. The first kappa shape index (κ1) is 27.8. The van der Waals surface area contributed by atoms with E-state index in [9.17, 15) is 9.59 Å². The van der Waals surface area contributed by atoms with Gasteiger partial charge in [-0.25, -0.2) is 4.79 Å². The van der Waals surface area contributed by atoms with Crippen LogP contribution >= 0.6 is 0 Å². The van der Waals surface area contributed by atoms with Crippen LogP contribution in [-0.4, -0.2) is 23.5 Å². The zero-order valence-electron chi connectivity index (χ0n) is 21.6. The van der Waals surface area contributed by atoms with Gasteiger partial charge in [-0.3, -0.25) is 9.78 Å². The molecule has 1 amide bonds. The van der Waals surface area contributed by atoms with Gasteiger partial charge >= 0.3 is 5.97 Å². The normalized spacial score (nSPS) is 11.5. The predicted octanol–water partition coefficient (Wildman–Crippen LogP) is 7.09. The summed E-state index contributed by atoms with van der Waals surface area (Å²) in [5.74, 6) is -0.582. The summed E-state index contributed by atoms with van der Waals surface area (Å²) in [6, 6.07) is 15.9. The van der Waals surface area contributed by atoms with Gasteiger partial charge in [-0.15, -0.1) is 6.58 Å². The van der Waals surface area contributed by atoms with Crippen LogP contribution in [0.5, 0.6) is 0 Å². The number of esters is 1. The molecule has 0 bridgehead atoms. The lowest BCUT2D eigenvalue weighted by atomic mass is 9.92. The van der Waals surface area contributed by atoms with E-state index in [1.54, 1.807) is 42.7 Å². The smallest absolute Gasteiger partial charge is 0.338 e. The summed E-state index contributed by atoms with van der Waals surface area (Å²) in [5.41, 5.74) is 10.4. The maximum atomic E-state index is 12.9. The predicted molar refractivity (Wildman–Crippen MR) is 149 cm³/mol. The monoisotopic (exact) mass is 499 g/mol. The molecule has 0 aliphatic carbocycles. The summed E-state index contributed by atoms with van der Waals surface area (Å²) in [6.45, 7) is 6.05. The average Bonchev–Trinajstić information content (AvgIpc) is 2.92. The van der Waals surface area contributed by atoms with Crippen LogP contribution in [0.2, 0.25) is 0 Å². The molecular weight excluding hydrogens is 462 g/mol. The highest BCUT2D eigenvalue weighted by Crippen LogP contribution is 2.30. The Morgan fingerprint density at radius 2 is 1.70 bits per heavy atom. The molecule has 0 fully saturated rings. The molecule has 3 rings (SSSR count). The molecule has 1 unspecified atom stereocenters. The number of anilines is 1. The van der Waals surface area contributed by atoms with E-state index in [0.29, 0.717) is 23.4 Å². The Kier molecular flexibility index (Phi) is 11.1. The first-order valence-corrected chi connectivity index (χ1v) is 13.0. The number of allylic oxidation sites excluding steroid dienone is 1. The molecule has 0 saturated carbocycles. The van der Waals surface area contributed by atoms with Crippen molar-refractivity contribution >= 4 is 17.6 Å². The number of aromatic nitrogens is 1. The maximum Gasteiger partial charge on any atom is 0.338 e. The number of hydrogen-bond acceptors (Lipinski definition) is 5. The highest BCUT2D eigenvalue weighted by molar-refractivity contribution is 6.05. The number of rotatable bonds is 14. The molecule has 0 radical (unpaired) electrons. The van der Waals surface area contributed by atoms with Crippen LogP contribution in [0.15, 0.2) is 79.6 Å².